The first kappa shape index (κ1) is 16.1. The molecule has 4 aliphatic carbocycles. The van der Waals surface area contributed by atoms with E-state index in [2.05, 4.69) is 25.1 Å². The quantitative estimate of drug-likeness (QED) is 0.816. The second-order valence-corrected chi connectivity index (χ2v) is 9.44. The fraction of sp³-hybridized carbons (Fsp3) is 0.727. The number of aliphatic hydroxyl groups excluding tert-OH is 1. The maximum absolute atomic E-state index is 11.4. The van der Waals surface area contributed by atoms with Gasteiger partial charge in [-0.1, -0.05) is 13.0 Å². The van der Waals surface area contributed by atoms with Crippen LogP contribution in [0.1, 0.15) is 68.9 Å². The minimum atomic E-state index is -0.657. The maximum Gasteiger partial charge on any atom is 0.119 e. The summed E-state index contributed by atoms with van der Waals surface area (Å²) >= 11 is 0. The van der Waals surface area contributed by atoms with Crippen molar-refractivity contribution in [3.63, 3.8) is 0 Å². The minimum Gasteiger partial charge on any atom is -0.497 e. The van der Waals surface area contributed by atoms with Crippen LogP contribution in [0.5, 0.6) is 5.75 Å². The summed E-state index contributed by atoms with van der Waals surface area (Å²) < 4.78 is 5.43. The summed E-state index contributed by atoms with van der Waals surface area (Å²) in [5, 5.41) is 22.0. The molecular formula is C22H30O3. The van der Waals surface area contributed by atoms with E-state index < -0.39 is 5.60 Å². The van der Waals surface area contributed by atoms with Crippen LogP contribution in [0.4, 0.5) is 0 Å². The smallest absolute Gasteiger partial charge is 0.119 e. The highest BCUT2D eigenvalue weighted by Crippen LogP contribution is 2.75. The number of aryl methyl sites for hydroxylation is 1. The van der Waals surface area contributed by atoms with E-state index in [9.17, 15) is 10.2 Å². The van der Waals surface area contributed by atoms with Crippen LogP contribution in [-0.2, 0) is 6.42 Å². The van der Waals surface area contributed by atoms with Crippen molar-refractivity contribution in [2.45, 2.75) is 75.9 Å². The highest BCUT2D eigenvalue weighted by atomic mass is 16.5. The summed E-state index contributed by atoms with van der Waals surface area (Å²) in [4.78, 5) is 0. The number of methoxy groups -OCH3 is 1. The van der Waals surface area contributed by atoms with Gasteiger partial charge in [0.1, 0.15) is 5.75 Å². The fourth-order valence-electron chi connectivity index (χ4n) is 7.69. The third-order valence-corrected chi connectivity index (χ3v) is 8.91. The molecule has 2 bridgehead atoms. The molecule has 0 aliphatic heterocycles. The molecule has 0 heterocycles. The van der Waals surface area contributed by atoms with Crippen LogP contribution in [0, 0.1) is 16.7 Å². The molecule has 4 aliphatic rings. The van der Waals surface area contributed by atoms with Gasteiger partial charge in [-0.05, 0) is 85.5 Å². The lowest BCUT2D eigenvalue weighted by atomic mass is 9.42. The molecule has 1 aromatic rings. The Morgan fingerprint density at radius 2 is 1.96 bits per heavy atom. The number of aliphatic hydroxyl groups is 2. The Hall–Kier alpha value is -1.06. The van der Waals surface area contributed by atoms with E-state index in [1.807, 2.05) is 0 Å². The number of hydrogen-bond acceptors (Lipinski definition) is 3. The van der Waals surface area contributed by atoms with Crippen molar-refractivity contribution < 1.29 is 14.9 Å². The van der Waals surface area contributed by atoms with Crippen molar-refractivity contribution in [2.75, 3.05) is 7.11 Å². The standard InChI is InChI=1S/C22H30O3/c1-20-8-7-18-17-5-4-16(25-2)11-14(17)3-6-19(18)21(20)9-10-22(20,24)13-15(23)12-21/h4-5,11,15,18-19,23-24H,3,6-10,12-13H2,1-2H3/t15-,18-,19-,20+,21+,22+/m1/s1. The van der Waals surface area contributed by atoms with Gasteiger partial charge >= 0.3 is 0 Å². The molecule has 0 amide bonds. The van der Waals surface area contributed by atoms with E-state index >= 15 is 0 Å². The van der Waals surface area contributed by atoms with E-state index in [-0.39, 0.29) is 16.9 Å². The van der Waals surface area contributed by atoms with Crippen LogP contribution in [0.25, 0.3) is 0 Å². The summed E-state index contributed by atoms with van der Waals surface area (Å²) in [6.07, 6.45) is 7.63. The second-order valence-electron chi connectivity index (χ2n) is 9.44. The topological polar surface area (TPSA) is 49.7 Å². The van der Waals surface area contributed by atoms with Gasteiger partial charge in [-0.3, -0.25) is 0 Å². The van der Waals surface area contributed by atoms with Gasteiger partial charge in [-0.15, -0.1) is 0 Å². The monoisotopic (exact) mass is 342 g/mol. The van der Waals surface area contributed by atoms with Gasteiger partial charge in [0, 0.05) is 11.8 Å². The largest absolute Gasteiger partial charge is 0.497 e. The molecule has 1 aromatic carbocycles. The normalized spacial score (nSPS) is 47.6. The molecule has 3 heteroatoms. The molecule has 3 fully saturated rings. The van der Waals surface area contributed by atoms with Crippen LogP contribution in [-0.4, -0.2) is 29.0 Å². The van der Waals surface area contributed by atoms with Crippen LogP contribution < -0.4 is 4.74 Å². The lowest BCUT2D eigenvalue weighted by Gasteiger charge is -2.64. The first-order valence-electron chi connectivity index (χ1n) is 10.00. The second kappa shape index (κ2) is 5.01. The molecule has 0 saturated heterocycles. The molecule has 0 radical (unpaired) electrons. The molecule has 3 saturated carbocycles. The highest BCUT2D eigenvalue weighted by Gasteiger charge is 2.72. The van der Waals surface area contributed by atoms with Gasteiger partial charge in [0.15, 0.2) is 0 Å². The first-order valence-corrected chi connectivity index (χ1v) is 10.00. The molecule has 136 valence electrons. The number of benzene rings is 1. The average molecular weight is 342 g/mol. The zero-order valence-corrected chi connectivity index (χ0v) is 15.4. The number of rotatable bonds is 1. The third-order valence-electron chi connectivity index (χ3n) is 8.91. The number of ether oxygens (including phenoxy) is 1. The Kier molecular flexibility index (Phi) is 3.24. The molecular weight excluding hydrogens is 312 g/mol. The molecule has 6 atom stereocenters. The van der Waals surface area contributed by atoms with Gasteiger partial charge in [-0.2, -0.15) is 0 Å². The van der Waals surface area contributed by atoms with Gasteiger partial charge in [0.25, 0.3) is 0 Å². The van der Waals surface area contributed by atoms with Crippen LogP contribution in [0.15, 0.2) is 18.2 Å². The molecule has 25 heavy (non-hydrogen) atoms. The van der Waals surface area contributed by atoms with Gasteiger partial charge < -0.3 is 14.9 Å². The Labute approximate surface area is 150 Å². The van der Waals surface area contributed by atoms with E-state index in [4.69, 9.17) is 4.74 Å². The summed E-state index contributed by atoms with van der Waals surface area (Å²) in [7, 11) is 1.74. The van der Waals surface area contributed by atoms with E-state index in [1.165, 1.54) is 24.0 Å². The van der Waals surface area contributed by atoms with Crippen molar-refractivity contribution in [1.29, 1.82) is 0 Å². The lowest BCUT2D eigenvalue weighted by Crippen LogP contribution is -2.62. The van der Waals surface area contributed by atoms with E-state index in [0.717, 1.165) is 37.9 Å². The molecule has 5 rings (SSSR count). The minimum absolute atomic E-state index is 0.0234. The Morgan fingerprint density at radius 1 is 1.12 bits per heavy atom. The summed E-state index contributed by atoms with van der Waals surface area (Å²) in [5.74, 6) is 2.13. The fourth-order valence-corrected chi connectivity index (χ4v) is 7.69. The average Bonchev–Trinajstić information content (AvgIpc) is 2.73. The summed E-state index contributed by atoms with van der Waals surface area (Å²) in [6, 6.07) is 6.61. The van der Waals surface area contributed by atoms with Crippen molar-refractivity contribution in [3.8, 4) is 5.75 Å². The molecule has 2 N–H and O–H groups in total. The van der Waals surface area contributed by atoms with Crippen LogP contribution in [0.3, 0.4) is 0 Å². The van der Waals surface area contributed by atoms with Gasteiger partial charge in [0.05, 0.1) is 18.8 Å². The van der Waals surface area contributed by atoms with Gasteiger partial charge in [-0.25, -0.2) is 0 Å². The van der Waals surface area contributed by atoms with E-state index in [0.29, 0.717) is 18.3 Å². The van der Waals surface area contributed by atoms with Crippen molar-refractivity contribution >= 4 is 0 Å². The molecule has 3 nitrogen and oxygen atoms in total. The molecule has 0 aromatic heterocycles. The van der Waals surface area contributed by atoms with Crippen molar-refractivity contribution in [1.82, 2.24) is 0 Å². The zero-order valence-electron chi connectivity index (χ0n) is 15.4. The molecule has 0 unspecified atom stereocenters. The van der Waals surface area contributed by atoms with E-state index in [1.54, 1.807) is 7.11 Å². The number of fused-ring (bicyclic) bond motifs is 3. The number of hydrogen-bond donors (Lipinski definition) is 2. The maximum atomic E-state index is 11.4. The predicted molar refractivity (Wildman–Crippen MR) is 96.7 cm³/mol. The Balaban J connectivity index is 1.59. The third kappa shape index (κ3) is 1.84. The van der Waals surface area contributed by atoms with Crippen molar-refractivity contribution in [2.24, 2.45) is 16.7 Å². The summed E-state index contributed by atoms with van der Waals surface area (Å²) in [5.41, 5.74) is 2.38. The van der Waals surface area contributed by atoms with Crippen LogP contribution >= 0.6 is 0 Å². The van der Waals surface area contributed by atoms with Crippen LogP contribution in [0.2, 0.25) is 0 Å². The van der Waals surface area contributed by atoms with Gasteiger partial charge in [0.2, 0.25) is 0 Å². The SMILES string of the molecule is COc1ccc2c(c1)CC[C@@H]1[C@@H]2CC[C@]2(C)[C@]3(O)CC[C@]12C[C@@H](O)C3. The van der Waals surface area contributed by atoms with Crippen molar-refractivity contribution in [3.05, 3.63) is 29.3 Å². The highest BCUT2D eigenvalue weighted by molar-refractivity contribution is 5.41. The predicted octanol–water partition coefficient (Wildman–Crippen LogP) is 3.81. The summed E-state index contributed by atoms with van der Waals surface area (Å²) in [6.45, 7) is 2.34. The zero-order chi connectivity index (χ0) is 17.4. The Morgan fingerprint density at radius 3 is 2.76 bits per heavy atom. The lowest BCUT2D eigenvalue weighted by molar-refractivity contribution is -0.204. The Bertz CT molecular complexity index is 715. The first-order chi connectivity index (χ1) is 11.9. The molecule has 0 spiro atoms.